The lowest BCUT2D eigenvalue weighted by atomic mass is 10.1. The summed E-state index contributed by atoms with van der Waals surface area (Å²) in [4.78, 5) is 0. The van der Waals surface area contributed by atoms with Crippen molar-refractivity contribution in [2.24, 2.45) is 0 Å². The zero-order chi connectivity index (χ0) is 11.5. The molecule has 0 unspecified atom stereocenters. The van der Waals surface area contributed by atoms with Crippen LogP contribution in [0, 0.1) is 11.5 Å². The SMILES string of the molecule is C[Si](C)(C)C#Cc1ccc(Br)c(CBr)c1. The number of halogens is 2. The summed E-state index contributed by atoms with van der Waals surface area (Å²) in [6.45, 7) is 6.76. The Morgan fingerprint density at radius 3 is 2.47 bits per heavy atom. The van der Waals surface area contributed by atoms with Crippen molar-refractivity contribution in [3.8, 4) is 11.5 Å². The average Bonchev–Trinajstić information content (AvgIpc) is 2.15. The monoisotopic (exact) mass is 344 g/mol. The maximum Gasteiger partial charge on any atom is 0.129 e. The molecule has 0 bridgehead atoms. The summed E-state index contributed by atoms with van der Waals surface area (Å²) in [7, 11) is -1.27. The molecule has 0 saturated heterocycles. The molecule has 0 aliphatic carbocycles. The number of benzene rings is 1. The van der Waals surface area contributed by atoms with Crippen molar-refractivity contribution in [3.63, 3.8) is 0 Å². The van der Waals surface area contributed by atoms with Crippen molar-refractivity contribution in [1.29, 1.82) is 0 Å². The topological polar surface area (TPSA) is 0 Å². The molecule has 0 aliphatic rings. The predicted octanol–water partition coefficient (Wildman–Crippen LogP) is 4.57. The Labute approximate surface area is 110 Å². The zero-order valence-electron chi connectivity index (χ0n) is 9.20. The first-order chi connectivity index (χ1) is 6.92. The zero-order valence-corrected chi connectivity index (χ0v) is 13.4. The van der Waals surface area contributed by atoms with Gasteiger partial charge in [0, 0.05) is 15.4 Å². The fourth-order valence-electron chi connectivity index (χ4n) is 1.01. The number of rotatable bonds is 1. The van der Waals surface area contributed by atoms with E-state index in [1.165, 1.54) is 5.56 Å². The van der Waals surface area contributed by atoms with Gasteiger partial charge in [-0.2, -0.15) is 0 Å². The lowest BCUT2D eigenvalue weighted by molar-refractivity contribution is 1.39. The molecule has 0 aliphatic heterocycles. The van der Waals surface area contributed by atoms with Gasteiger partial charge in [-0.05, 0) is 23.8 Å². The summed E-state index contributed by atoms with van der Waals surface area (Å²) < 4.78 is 1.14. The van der Waals surface area contributed by atoms with Crippen LogP contribution in [0.15, 0.2) is 22.7 Å². The van der Waals surface area contributed by atoms with E-state index in [2.05, 4.69) is 81.2 Å². The summed E-state index contributed by atoms with van der Waals surface area (Å²) >= 11 is 6.98. The lowest BCUT2D eigenvalue weighted by Crippen LogP contribution is -2.16. The van der Waals surface area contributed by atoms with Gasteiger partial charge >= 0.3 is 0 Å². The Kier molecular flexibility index (Phi) is 4.63. The van der Waals surface area contributed by atoms with Gasteiger partial charge in [-0.25, -0.2) is 0 Å². The normalized spacial score (nSPS) is 10.7. The van der Waals surface area contributed by atoms with Crippen LogP contribution in [0.25, 0.3) is 0 Å². The third-order valence-corrected chi connectivity index (χ3v) is 4.02. The Bertz CT molecular complexity index is 408. The van der Waals surface area contributed by atoms with Gasteiger partial charge in [0.25, 0.3) is 0 Å². The molecule has 0 nitrogen and oxygen atoms in total. The van der Waals surface area contributed by atoms with Crippen molar-refractivity contribution in [2.45, 2.75) is 25.0 Å². The Morgan fingerprint density at radius 1 is 1.27 bits per heavy atom. The molecule has 0 heterocycles. The fraction of sp³-hybridized carbons (Fsp3) is 0.333. The average molecular weight is 346 g/mol. The van der Waals surface area contributed by atoms with E-state index in [4.69, 9.17) is 0 Å². The van der Waals surface area contributed by atoms with E-state index < -0.39 is 8.07 Å². The molecule has 80 valence electrons. The van der Waals surface area contributed by atoms with Crippen LogP contribution in [-0.2, 0) is 5.33 Å². The van der Waals surface area contributed by atoms with E-state index in [1.54, 1.807) is 0 Å². The van der Waals surface area contributed by atoms with Crippen molar-refractivity contribution < 1.29 is 0 Å². The first-order valence-electron chi connectivity index (χ1n) is 4.80. The minimum Gasteiger partial charge on any atom is -0.127 e. The first kappa shape index (κ1) is 13.0. The van der Waals surface area contributed by atoms with Gasteiger partial charge in [0.05, 0.1) is 0 Å². The van der Waals surface area contributed by atoms with Crippen LogP contribution in [-0.4, -0.2) is 8.07 Å². The summed E-state index contributed by atoms with van der Waals surface area (Å²) in [5.41, 5.74) is 5.72. The maximum atomic E-state index is 3.51. The molecule has 3 heteroatoms. The fourth-order valence-corrected chi connectivity index (χ4v) is 2.76. The Morgan fingerprint density at radius 2 is 1.93 bits per heavy atom. The van der Waals surface area contributed by atoms with Crippen molar-refractivity contribution in [1.82, 2.24) is 0 Å². The molecule has 0 saturated carbocycles. The van der Waals surface area contributed by atoms with E-state index in [0.29, 0.717) is 0 Å². The lowest BCUT2D eigenvalue weighted by Gasteiger charge is -2.04. The summed E-state index contributed by atoms with van der Waals surface area (Å²) in [6.07, 6.45) is 0. The van der Waals surface area contributed by atoms with Gasteiger partial charge in [-0.1, -0.05) is 57.4 Å². The molecule has 0 spiro atoms. The van der Waals surface area contributed by atoms with Gasteiger partial charge in [-0.15, -0.1) is 5.54 Å². The molecule has 1 aromatic carbocycles. The highest BCUT2D eigenvalue weighted by atomic mass is 79.9. The van der Waals surface area contributed by atoms with Crippen LogP contribution in [0.2, 0.25) is 19.6 Å². The molecule has 15 heavy (non-hydrogen) atoms. The van der Waals surface area contributed by atoms with Crippen LogP contribution in [0.4, 0.5) is 0 Å². The van der Waals surface area contributed by atoms with Crippen LogP contribution < -0.4 is 0 Å². The van der Waals surface area contributed by atoms with Gasteiger partial charge < -0.3 is 0 Å². The van der Waals surface area contributed by atoms with Crippen LogP contribution in [0.1, 0.15) is 11.1 Å². The highest BCUT2D eigenvalue weighted by Crippen LogP contribution is 2.20. The predicted molar refractivity (Wildman–Crippen MR) is 77.0 cm³/mol. The van der Waals surface area contributed by atoms with Gasteiger partial charge in [0.2, 0.25) is 0 Å². The molecular weight excluding hydrogens is 332 g/mol. The van der Waals surface area contributed by atoms with E-state index in [9.17, 15) is 0 Å². The third kappa shape index (κ3) is 4.54. The molecule has 0 atom stereocenters. The number of hydrogen-bond donors (Lipinski definition) is 0. The second kappa shape index (κ2) is 5.34. The molecule has 0 N–H and O–H groups in total. The highest BCUT2D eigenvalue weighted by molar-refractivity contribution is 9.10. The highest BCUT2D eigenvalue weighted by Gasteiger charge is 2.07. The quantitative estimate of drug-likeness (QED) is 0.397. The molecule has 0 aromatic heterocycles. The van der Waals surface area contributed by atoms with Crippen molar-refractivity contribution in [2.75, 3.05) is 0 Å². The number of hydrogen-bond acceptors (Lipinski definition) is 0. The Hall–Kier alpha value is -0.0431. The first-order valence-corrected chi connectivity index (χ1v) is 10.2. The van der Waals surface area contributed by atoms with Gasteiger partial charge in [0.1, 0.15) is 8.07 Å². The maximum absolute atomic E-state index is 3.51. The second-order valence-corrected chi connectivity index (χ2v) is 10.6. The minimum absolute atomic E-state index is 0.857. The molecule has 0 radical (unpaired) electrons. The van der Waals surface area contributed by atoms with E-state index >= 15 is 0 Å². The summed E-state index contributed by atoms with van der Waals surface area (Å²) in [6, 6.07) is 6.25. The van der Waals surface area contributed by atoms with E-state index in [0.717, 1.165) is 15.4 Å². The molecule has 0 fully saturated rings. The largest absolute Gasteiger partial charge is 0.129 e. The minimum atomic E-state index is -1.27. The van der Waals surface area contributed by atoms with Gasteiger partial charge in [-0.3, -0.25) is 0 Å². The Balaban J connectivity index is 3.01. The molecule has 0 amide bonds. The molecular formula is C12H14Br2Si. The van der Waals surface area contributed by atoms with Crippen molar-refractivity contribution >= 4 is 39.9 Å². The van der Waals surface area contributed by atoms with E-state index in [1.807, 2.05) is 0 Å². The summed E-state index contributed by atoms with van der Waals surface area (Å²) in [5.74, 6) is 3.26. The molecule has 1 aromatic rings. The van der Waals surface area contributed by atoms with Crippen LogP contribution >= 0.6 is 31.9 Å². The molecule has 1 rings (SSSR count). The smallest absolute Gasteiger partial charge is 0.127 e. The standard InChI is InChI=1S/C12H14Br2Si/c1-15(2,3)7-6-10-4-5-12(14)11(8-10)9-13/h4-5,8H,9H2,1-3H3. The van der Waals surface area contributed by atoms with Crippen LogP contribution in [0.5, 0.6) is 0 Å². The summed E-state index contributed by atoms with van der Waals surface area (Å²) in [5, 5.41) is 0.857. The van der Waals surface area contributed by atoms with E-state index in [-0.39, 0.29) is 0 Å². The van der Waals surface area contributed by atoms with Gasteiger partial charge in [0.15, 0.2) is 0 Å². The van der Waals surface area contributed by atoms with Crippen molar-refractivity contribution in [3.05, 3.63) is 33.8 Å². The number of alkyl halides is 1. The van der Waals surface area contributed by atoms with Crippen LogP contribution in [0.3, 0.4) is 0 Å². The second-order valence-electron chi connectivity index (χ2n) is 4.44. The third-order valence-electron chi connectivity index (χ3n) is 1.77.